The average Bonchev–Trinajstić information content (AvgIpc) is 2.45. The lowest BCUT2D eigenvalue weighted by molar-refractivity contribution is -0.385. The molecule has 0 fully saturated rings. The molecule has 0 spiro atoms. The summed E-state index contributed by atoms with van der Waals surface area (Å²) in [4.78, 5) is 23.5. The second-order valence-corrected chi connectivity index (χ2v) is 4.11. The standard InChI is InChI=1S/C10H9ClN2O3/c1-5-8-7(13(15)16)4-3-6(11)9(8)12(2)10(5)14/h3-5H,1-2H3. The van der Waals surface area contributed by atoms with Crippen LogP contribution in [-0.4, -0.2) is 17.9 Å². The van der Waals surface area contributed by atoms with E-state index in [-0.39, 0.29) is 11.6 Å². The Balaban J connectivity index is 2.76. The Morgan fingerprint density at radius 1 is 1.50 bits per heavy atom. The number of benzene rings is 1. The van der Waals surface area contributed by atoms with Gasteiger partial charge in [0.15, 0.2) is 0 Å². The van der Waals surface area contributed by atoms with Crippen molar-refractivity contribution in [3.63, 3.8) is 0 Å². The molecule has 84 valence electrons. The number of anilines is 1. The van der Waals surface area contributed by atoms with Gasteiger partial charge in [0.25, 0.3) is 5.69 Å². The second kappa shape index (κ2) is 3.45. The van der Waals surface area contributed by atoms with Gasteiger partial charge in [-0.1, -0.05) is 11.6 Å². The quantitative estimate of drug-likeness (QED) is 0.559. The van der Waals surface area contributed by atoms with Crippen molar-refractivity contribution in [3.05, 3.63) is 32.8 Å². The highest BCUT2D eigenvalue weighted by Gasteiger charge is 2.39. The van der Waals surface area contributed by atoms with Gasteiger partial charge in [-0.25, -0.2) is 0 Å². The van der Waals surface area contributed by atoms with Crippen LogP contribution in [0.3, 0.4) is 0 Å². The van der Waals surface area contributed by atoms with Crippen molar-refractivity contribution in [1.29, 1.82) is 0 Å². The van der Waals surface area contributed by atoms with Crippen LogP contribution in [0.25, 0.3) is 0 Å². The van der Waals surface area contributed by atoms with Crippen molar-refractivity contribution < 1.29 is 9.72 Å². The van der Waals surface area contributed by atoms with E-state index < -0.39 is 10.8 Å². The Kier molecular flexibility index (Phi) is 2.35. The third-order valence-corrected chi connectivity index (χ3v) is 3.12. The fraction of sp³-hybridized carbons (Fsp3) is 0.300. The van der Waals surface area contributed by atoms with Crippen molar-refractivity contribution in [2.24, 2.45) is 0 Å². The average molecular weight is 241 g/mol. The highest BCUT2D eigenvalue weighted by Crippen LogP contribution is 2.45. The van der Waals surface area contributed by atoms with E-state index in [0.717, 1.165) is 0 Å². The number of amides is 1. The third kappa shape index (κ3) is 1.28. The van der Waals surface area contributed by atoms with E-state index in [9.17, 15) is 14.9 Å². The molecule has 0 N–H and O–H groups in total. The SMILES string of the molecule is CC1C(=O)N(C)c2c(Cl)ccc([N+](=O)[O-])c21. The summed E-state index contributed by atoms with van der Waals surface area (Å²) < 4.78 is 0. The fourth-order valence-corrected chi connectivity index (χ4v) is 2.31. The molecule has 0 aliphatic carbocycles. The molecule has 1 aromatic rings. The Hall–Kier alpha value is -1.62. The van der Waals surface area contributed by atoms with E-state index in [1.165, 1.54) is 17.0 Å². The van der Waals surface area contributed by atoms with Gasteiger partial charge in [0.2, 0.25) is 5.91 Å². The van der Waals surface area contributed by atoms with Crippen LogP contribution in [0.2, 0.25) is 5.02 Å². The molecule has 1 aliphatic heterocycles. The predicted molar refractivity (Wildman–Crippen MR) is 59.9 cm³/mol. The van der Waals surface area contributed by atoms with Gasteiger partial charge in [-0.15, -0.1) is 0 Å². The maximum Gasteiger partial charge on any atom is 0.275 e. The van der Waals surface area contributed by atoms with Gasteiger partial charge in [0.05, 0.1) is 27.1 Å². The Morgan fingerprint density at radius 2 is 2.12 bits per heavy atom. The number of carbonyl (C=O) groups excluding carboxylic acids is 1. The summed E-state index contributed by atoms with van der Waals surface area (Å²) in [6, 6.07) is 2.78. The van der Waals surface area contributed by atoms with Crippen molar-refractivity contribution in [2.75, 3.05) is 11.9 Å². The minimum Gasteiger partial charge on any atom is -0.313 e. The second-order valence-electron chi connectivity index (χ2n) is 3.70. The van der Waals surface area contributed by atoms with Gasteiger partial charge >= 0.3 is 0 Å². The Bertz CT molecular complexity index is 501. The summed E-state index contributed by atoms with van der Waals surface area (Å²) in [5, 5.41) is 11.2. The molecule has 0 radical (unpaired) electrons. The zero-order chi connectivity index (χ0) is 12.0. The topological polar surface area (TPSA) is 63.5 Å². The van der Waals surface area contributed by atoms with Gasteiger partial charge in [0, 0.05) is 13.1 Å². The van der Waals surface area contributed by atoms with E-state index in [4.69, 9.17) is 11.6 Å². The molecule has 1 unspecified atom stereocenters. The van der Waals surface area contributed by atoms with Crippen LogP contribution in [0, 0.1) is 10.1 Å². The molecule has 5 nitrogen and oxygen atoms in total. The largest absolute Gasteiger partial charge is 0.313 e. The lowest BCUT2D eigenvalue weighted by Crippen LogP contribution is -2.22. The van der Waals surface area contributed by atoms with Crippen molar-refractivity contribution in [1.82, 2.24) is 0 Å². The van der Waals surface area contributed by atoms with Crippen molar-refractivity contribution in [3.8, 4) is 0 Å². The fourth-order valence-electron chi connectivity index (χ4n) is 2.02. The molecule has 1 aliphatic rings. The first-order valence-corrected chi connectivity index (χ1v) is 5.07. The maximum atomic E-state index is 11.7. The van der Waals surface area contributed by atoms with E-state index >= 15 is 0 Å². The molecular weight excluding hydrogens is 232 g/mol. The first-order valence-electron chi connectivity index (χ1n) is 4.69. The number of rotatable bonds is 1. The molecule has 1 heterocycles. The van der Waals surface area contributed by atoms with Gasteiger partial charge in [-0.3, -0.25) is 14.9 Å². The van der Waals surface area contributed by atoms with Gasteiger partial charge in [-0.2, -0.15) is 0 Å². The van der Waals surface area contributed by atoms with Gasteiger partial charge in [0.1, 0.15) is 0 Å². The minimum absolute atomic E-state index is 0.0513. The summed E-state index contributed by atoms with van der Waals surface area (Å²) in [5.74, 6) is -0.690. The molecule has 0 saturated carbocycles. The number of fused-ring (bicyclic) bond motifs is 1. The highest BCUT2D eigenvalue weighted by atomic mass is 35.5. The van der Waals surface area contributed by atoms with Crippen molar-refractivity contribution in [2.45, 2.75) is 12.8 Å². The number of hydrogen-bond acceptors (Lipinski definition) is 3. The Morgan fingerprint density at radius 3 is 2.69 bits per heavy atom. The van der Waals surface area contributed by atoms with E-state index in [0.29, 0.717) is 16.3 Å². The number of halogens is 1. The number of nitro benzene ring substituents is 1. The van der Waals surface area contributed by atoms with Gasteiger partial charge in [-0.05, 0) is 13.0 Å². The zero-order valence-corrected chi connectivity index (χ0v) is 9.49. The number of hydrogen-bond donors (Lipinski definition) is 0. The Labute approximate surface area is 96.8 Å². The van der Waals surface area contributed by atoms with Crippen LogP contribution >= 0.6 is 11.6 Å². The van der Waals surface area contributed by atoms with Crippen LogP contribution in [0.4, 0.5) is 11.4 Å². The van der Waals surface area contributed by atoms with Crippen LogP contribution < -0.4 is 4.90 Å². The number of nitrogens with zero attached hydrogens (tertiary/aromatic N) is 2. The minimum atomic E-state index is -0.515. The molecule has 1 aromatic carbocycles. The van der Waals surface area contributed by atoms with Crippen LogP contribution in [-0.2, 0) is 4.79 Å². The number of likely N-dealkylation sites (N-methyl/N-ethyl adjacent to an activating group) is 1. The lowest BCUT2D eigenvalue weighted by Gasteiger charge is -2.11. The first kappa shape index (κ1) is 10.9. The molecule has 2 rings (SSSR count). The van der Waals surface area contributed by atoms with Crippen LogP contribution in [0.15, 0.2) is 12.1 Å². The summed E-state index contributed by atoms with van der Waals surface area (Å²) in [6.07, 6.45) is 0. The molecule has 1 atom stereocenters. The number of carbonyl (C=O) groups is 1. The van der Waals surface area contributed by atoms with Gasteiger partial charge < -0.3 is 4.90 Å². The molecule has 0 aromatic heterocycles. The summed E-state index contributed by atoms with van der Waals surface area (Å²) in [7, 11) is 1.57. The summed E-state index contributed by atoms with van der Waals surface area (Å²) in [5.41, 5.74) is 0.808. The monoisotopic (exact) mass is 240 g/mol. The summed E-state index contributed by atoms with van der Waals surface area (Å²) in [6.45, 7) is 1.65. The molecule has 1 amide bonds. The summed E-state index contributed by atoms with van der Waals surface area (Å²) >= 11 is 5.96. The molecule has 0 bridgehead atoms. The molecular formula is C10H9ClN2O3. The smallest absolute Gasteiger partial charge is 0.275 e. The maximum absolute atomic E-state index is 11.7. The van der Waals surface area contributed by atoms with E-state index in [1.54, 1.807) is 14.0 Å². The van der Waals surface area contributed by atoms with Crippen molar-refractivity contribution >= 4 is 28.9 Å². The molecule has 0 saturated heterocycles. The predicted octanol–water partition coefficient (Wildman–Crippen LogP) is 2.33. The highest BCUT2D eigenvalue weighted by molar-refractivity contribution is 6.35. The zero-order valence-electron chi connectivity index (χ0n) is 8.73. The third-order valence-electron chi connectivity index (χ3n) is 2.81. The van der Waals surface area contributed by atoms with E-state index in [1.807, 2.05) is 0 Å². The lowest BCUT2D eigenvalue weighted by atomic mass is 10.0. The van der Waals surface area contributed by atoms with Crippen LogP contribution in [0.5, 0.6) is 0 Å². The number of nitro groups is 1. The first-order chi connectivity index (χ1) is 7.45. The molecule has 16 heavy (non-hydrogen) atoms. The normalized spacial score (nSPS) is 18.8. The van der Waals surface area contributed by atoms with E-state index in [2.05, 4.69) is 0 Å². The van der Waals surface area contributed by atoms with Crippen LogP contribution in [0.1, 0.15) is 18.4 Å². The molecule has 6 heteroatoms.